The number of nitrogens with two attached hydrogens (primary N) is 1. The molecule has 1 aromatic rings. The zero-order valence-electron chi connectivity index (χ0n) is 10.2. The molecule has 0 spiro atoms. The van der Waals surface area contributed by atoms with Crippen molar-refractivity contribution in [2.45, 2.75) is 19.9 Å². The zero-order chi connectivity index (χ0) is 13.7. The maximum Gasteiger partial charge on any atom is 0.312 e. The Hall–Kier alpha value is -2.11. The maximum absolute atomic E-state index is 13.4. The highest BCUT2D eigenvalue weighted by molar-refractivity contribution is 5.97. The third-order valence-corrected chi connectivity index (χ3v) is 2.38. The number of hydrogen-bond acceptors (Lipinski definition) is 2. The number of amides is 3. The molecule has 0 saturated carbocycles. The van der Waals surface area contributed by atoms with E-state index in [2.05, 4.69) is 10.6 Å². The number of rotatable bonds is 4. The Balaban J connectivity index is 2.79. The summed E-state index contributed by atoms with van der Waals surface area (Å²) in [5, 5.41) is 4.74. The minimum absolute atomic E-state index is 0.0689. The van der Waals surface area contributed by atoms with E-state index in [1.165, 1.54) is 18.2 Å². The van der Waals surface area contributed by atoms with Crippen LogP contribution in [0.25, 0.3) is 0 Å². The lowest BCUT2D eigenvalue weighted by molar-refractivity contribution is -0.118. The van der Waals surface area contributed by atoms with E-state index in [4.69, 9.17) is 5.73 Å². The fourth-order valence-electron chi connectivity index (χ4n) is 1.46. The Morgan fingerprint density at radius 2 is 1.89 bits per heavy atom. The van der Waals surface area contributed by atoms with Crippen LogP contribution in [0.5, 0.6) is 0 Å². The zero-order valence-corrected chi connectivity index (χ0v) is 10.2. The molecule has 0 unspecified atom stereocenters. The van der Waals surface area contributed by atoms with Crippen molar-refractivity contribution in [3.8, 4) is 0 Å². The number of nitrogens with one attached hydrogen (secondary N) is 2. The van der Waals surface area contributed by atoms with Gasteiger partial charge in [-0.25, -0.2) is 9.18 Å². The lowest BCUT2D eigenvalue weighted by Gasteiger charge is -2.20. The van der Waals surface area contributed by atoms with Gasteiger partial charge in [-0.2, -0.15) is 0 Å². The van der Waals surface area contributed by atoms with Crippen molar-refractivity contribution >= 4 is 17.6 Å². The quantitative estimate of drug-likeness (QED) is 0.759. The smallest absolute Gasteiger partial charge is 0.312 e. The molecule has 18 heavy (non-hydrogen) atoms. The largest absolute Gasteiger partial charge is 0.352 e. The maximum atomic E-state index is 13.4. The van der Waals surface area contributed by atoms with Gasteiger partial charge in [0.1, 0.15) is 11.9 Å². The van der Waals surface area contributed by atoms with E-state index in [0.717, 1.165) is 0 Å². The molecule has 4 N–H and O–H groups in total. The van der Waals surface area contributed by atoms with Crippen LogP contribution in [0.1, 0.15) is 13.8 Å². The number of benzene rings is 1. The molecular weight excluding hydrogens is 237 g/mol. The molecule has 1 rings (SSSR count). The van der Waals surface area contributed by atoms with E-state index >= 15 is 0 Å². The van der Waals surface area contributed by atoms with Crippen LogP contribution in [0.2, 0.25) is 0 Å². The van der Waals surface area contributed by atoms with Gasteiger partial charge in [-0.05, 0) is 18.1 Å². The normalized spacial score (nSPS) is 12.0. The van der Waals surface area contributed by atoms with E-state index in [1.54, 1.807) is 19.9 Å². The van der Waals surface area contributed by atoms with Crippen molar-refractivity contribution in [3.63, 3.8) is 0 Å². The molecule has 0 heterocycles. The Morgan fingerprint density at radius 1 is 1.28 bits per heavy atom. The summed E-state index contributed by atoms with van der Waals surface area (Å²) in [6.07, 6.45) is 0. The van der Waals surface area contributed by atoms with Crippen molar-refractivity contribution < 1.29 is 14.0 Å². The molecule has 0 aliphatic rings. The van der Waals surface area contributed by atoms with Crippen molar-refractivity contribution in [2.75, 3.05) is 5.32 Å². The van der Waals surface area contributed by atoms with E-state index in [-0.39, 0.29) is 11.6 Å². The number of anilines is 1. The number of urea groups is 1. The molecule has 0 aromatic heterocycles. The standard InChI is InChI=1S/C12H16FN3O2/c1-7(2)10(16-12(14)18)11(17)15-9-6-4-3-5-8(9)13/h3-7,10H,1-2H3,(H,15,17)(H3,14,16,18)/t10-/m0/s1. The number of hydrogen-bond donors (Lipinski definition) is 3. The molecule has 5 nitrogen and oxygen atoms in total. The highest BCUT2D eigenvalue weighted by Crippen LogP contribution is 2.14. The molecule has 0 bridgehead atoms. The molecule has 0 aliphatic heterocycles. The van der Waals surface area contributed by atoms with Gasteiger partial charge in [0.15, 0.2) is 0 Å². The summed E-state index contributed by atoms with van der Waals surface area (Å²) in [7, 11) is 0. The molecule has 1 aromatic carbocycles. The van der Waals surface area contributed by atoms with Crippen LogP contribution in [0.15, 0.2) is 24.3 Å². The number of carbonyl (C=O) groups excluding carboxylic acids is 2. The second-order valence-corrected chi connectivity index (χ2v) is 4.20. The van der Waals surface area contributed by atoms with Gasteiger partial charge in [-0.15, -0.1) is 0 Å². The first-order valence-electron chi connectivity index (χ1n) is 5.53. The molecule has 6 heteroatoms. The van der Waals surface area contributed by atoms with E-state index in [1.807, 2.05) is 0 Å². The van der Waals surface area contributed by atoms with Gasteiger partial charge in [-0.3, -0.25) is 4.79 Å². The van der Waals surface area contributed by atoms with Crippen molar-refractivity contribution in [1.82, 2.24) is 5.32 Å². The molecule has 3 amide bonds. The molecular formula is C12H16FN3O2. The summed E-state index contributed by atoms with van der Waals surface area (Å²) in [5.41, 5.74) is 5.06. The SMILES string of the molecule is CC(C)[C@H](NC(N)=O)C(=O)Nc1ccccc1F. The first kappa shape index (κ1) is 14.0. The van der Waals surface area contributed by atoms with Crippen molar-refractivity contribution in [3.05, 3.63) is 30.1 Å². The highest BCUT2D eigenvalue weighted by Gasteiger charge is 2.23. The first-order chi connectivity index (χ1) is 8.41. The third kappa shape index (κ3) is 3.73. The van der Waals surface area contributed by atoms with Gasteiger partial charge in [0.25, 0.3) is 0 Å². The first-order valence-corrected chi connectivity index (χ1v) is 5.53. The van der Waals surface area contributed by atoms with E-state index in [9.17, 15) is 14.0 Å². The molecule has 0 radical (unpaired) electrons. The topological polar surface area (TPSA) is 84.2 Å². The van der Waals surface area contributed by atoms with Crippen LogP contribution in [0, 0.1) is 11.7 Å². The molecule has 1 atom stereocenters. The average molecular weight is 253 g/mol. The molecule has 0 aliphatic carbocycles. The fourth-order valence-corrected chi connectivity index (χ4v) is 1.46. The summed E-state index contributed by atoms with van der Waals surface area (Å²) in [5.74, 6) is -1.20. The van der Waals surface area contributed by atoms with Gasteiger partial charge in [-0.1, -0.05) is 26.0 Å². The summed E-state index contributed by atoms with van der Waals surface area (Å²) >= 11 is 0. The molecule has 0 fully saturated rings. The summed E-state index contributed by atoms with van der Waals surface area (Å²) in [4.78, 5) is 22.7. The van der Waals surface area contributed by atoms with Gasteiger partial charge < -0.3 is 16.4 Å². The lowest BCUT2D eigenvalue weighted by Crippen LogP contribution is -2.49. The number of carbonyl (C=O) groups is 2. The van der Waals surface area contributed by atoms with Crippen LogP contribution < -0.4 is 16.4 Å². The lowest BCUT2D eigenvalue weighted by atomic mass is 10.0. The Labute approximate surface area is 105 Å². The predicted molar refractivity (Wildman–Crippen MR) is 66.4 cm³/mol. The van der Waals surface area contributed by atoms with Crippen LogP contribution in [0.4, 0.5) is 14.9 Å². The monoisotopic (exact) mass is 253 g/mol. The van der Waals surface area contributed by atoms with Crippen molar-refractivity contribution in [1.29, 1.82) is 0 Å². The third-order valence-electron chi connectivity index (χ3n) is 2.38. The average Bonchev–Trinajstić information content (AvgIpc) is 2.28. The predicted octanol–water partition coefficient (Wildman–Crippen LogP) is 1.46. The van der Waals surface area contributed by atoms with Gasteiger partial charge >= 0.3 is 6.03 Å². The van der Waals surface area contributed by atoms with Gasteiger partial charge in [0.05, 0.1) is 5.69 Å². The summed E-state index contributed by atoms with van der Waals surface area (Å²) < 4.78 is 13.4. The van der Waals surface area contributed by atoms with Gasteiger partial charge in [0.2, 0.25) is 5.91 Å². The van der Waals surface area contributed by atoms with Crippen LogP contribution in [-0.4, -0.2) is 18.0 Å². The Kier molecular flexibility index (Phi) is 4.65. The number of halogens is 1. The van der Waals surface area contributed by atoms with Crippen LogP contribution >= 0.6 is 0 Å². The van der Waals surface area contributed by atoms with Gasteiger partial charge in [0, 0.05) is 0 Å². The number of primary amides is 1. The Morgan fingerprint density at radius 3 is 2.39 bits per heavy atom. The van der Waals surface area contributed by atoms with Crippen LogP contribution in [-0.2, 0) is 4.79 Å². The Bertz CT molecular complexity index is 449. The molecule has 0 saturated heterocycles. The summed E-state index contributed by atoms with van der Waals surface area (Å²) in [6, 6.07) is 4.20. The van der Waals surface area contributed by atoms with E-state index in [0.29, 0.717) is 0 Å². The number of para-hydroxylation sites is 1. The fraction of sp³-hybridized carbons (Fsp3) is 0.333. The van der Waals surface area contributed by atoms with E-state index < -0.39 is 23.8 Å². The second kappa shape index (κ2) is 6.00. The second-order valence-electron chi connectivity index (χ2n) is 4.20. The summed E-state index contributed by atoms with van der Waals surface area (Å²) in [6.45, 7) is 3.50. The van der Waals surface area contributed by atoms with Crippen LogP contribution in [0.3, 0.4) is 0 Å². The minimum atomic E-state index is -0.804. The molecule has 98 valence electrons. The van der Waals surface area contributed by atoms with Crippen molar-refractivity contribution in [2.24, 2.45) is 11.7 Å². The highest BCUT2D eigenvalue weighted by atomic mass is 19.1. The minimum Gasteiger partial charge on any atom is -0.352 e.